The number of carbonyl (C=O) groups is 3. The van der Waals surface area contributed by atoms with Crippen molar-refractivity contribution in [2.24, 2.45) is 5.92 Å². The summed E-state index contributed by atoms with van der Waals surface area (Å²) in [6.07, 6.45) is -0.704. The predicted octanol–water partition coefficient (Wildman–Crippen LogP) is 2.66. The summed E-state index contributed by atoms with van der Waals surface area (Å²) in [5, 5.41) is 2.69. The Morgan fingerprint density at radius 2 is 1.81 bits per heavy atom. The Bertz CT molecular complexity index is 761. The maximum absolute atomic E-state index is 12.8. The van der Waals surface area contributed by atoms with Crippen LogP contribution in [0.25, 0.3) is 0 Å². The van der Waals surface area contributed by atoms with Gasteiger partial charge in [-0.05, 0) is 27.2 Å². The minimum absolute atomic E-state index is 0.106. The normalized spacial score (nSPS) is 20.8. The van der Waals surface area contributed by atoms with Crippen molar-refractivity contribution in [3.63, 3.8) is 0 Å². The van der Waals surface area contributed by atoms with Crippen molar-refractivity contribution in [1.82, 2.24) is 10.2 Å². The average Bonchev–Trinajstić information content (AvgIpc) is 3.16. The number of hydrogen-bond donors (Lipinski definition) is 1. The van der Waals surface area contributed by atoms with Crippen LogP contribution in [0.15, 0.2) is 30.3 Å². The molecule has 1 aliphatic heterocycles. The lowest BCUT2D eigenvalue weighted by Gasteiger charge is -2.34. The van der Waals surface area contributed by atoms with Crippen molar-refractivity contribution in [1.29, 1.82) is 0 Å². The van der Waals surface area contributed by atoms with Crippen LogP contribution in [0, 0.1) is 5.92 Å². The monoisotopic (exact) mass is 434 g/mol. The van der Waals surface area contributed by atoms with Crippen LogP contribution in [0.3, 0.4) is 0 Å². The highest BCUT2D eigenvalue weighted by atomic mass is 16.6. The van der Waals surface area contributed by atoms with E-state index in [2.05, 4.69) is 5.32 Å². The molecule has 0 aromatic heterocycles. The second kappa shape index (κ2) is 10.7. The number of ether oxygens (including phenoxy) is 3. The lowest BCUT2D eigenvalue weighted by Crippen LogP contribution is -2.51. The molecule has 2 rings (SSSR count). The van der Waals surface area contributed by atoms with Gasteiger partial charge in [-0.1, -0.05) is 37.3 Å². The highest BCUT2D eigenvalue weighted by Crippen LogP contribution is 2.29. The lowest BCUT2D eigenvalue weighted by molar-refractivity contribution is -0.130. The largest absolute Gasteiger partial charge is 0.444 e. The average molecular weight is 435 g/mol. The second-order valence-corrected chi connectivity index (χ2v) is 8.79. The second-order valence-electron chi connectivity index (χ2n) is 8.79. The van der Waals surface area contributed by atoms with Crippen molar-refractivity contribution >= 4 is 17.8 Å². The van der Waals surface area contributed by atoms with Gasteiger partial charge in [-0.2, -0.15) is 0 Å². The van der Waals surface area contributed by atoms with E-state index in [4.69, 9.17) is 14.2 Å². The summed E-state index contributed by atoms with van der Waals surface area (Å²) < 4.78 is 16.7. The van der Waals surface area contributed by atoms with Gasteiger partial charge in [-0.3, -0.25) is 14.5 Å². The van der Waals surface area contributed by atoms with E-state index in [1.165, 1.54) is 7.11 Å². The van der Waals surface area contributed by atoms with Gasteiger partial charge in [0.15, 0.2) is 5.78 Å². The Balaban J connectivity index is 2.07. The molecule has 1 fully saturated rings. The first kappa shape index (κ1) is 24.8. The maximum atomic E-state index is 12.8. The van der Waals surface area contributed by atoms with Gasteiger partial charge in [-0.25, -0.2) is 4.79 Å². The van der Waals surface area contributed by atoms with Crippen molar-refractivity contribution in [3.8, 4) is 0 Å². The van der Waals surface area contributed by atoms with E-state index in [-0.39, 0.29) is 24.3 Å². The van der Waals surface area contributed by atoms with Crippen LogP contribution in [-0.4, -0.2) is 73.8 Å². The molecule has 8 heteroatoms. The van der Waals surface area contributed by atoms with Gasteiger partial charge in [0.2, 0.25) is 5.91 Å². The highest BCUT2D eigenvalue weighted by Gasteiger charge is 2.45. The molecule has 172 valence electrons. The quantitative estimate of drug-likeness (QED) is 0.632. The molecule has 1 N–H and O–H groups in total. The molecule has 0 aliphatic carbocycles. The Hall–Kier alpha value is -2.45. The number of hydrogen-bond acceptors (Lipinski definition) is 6. The molecule has 8 nitrogen and oxygen atoms in total. The molecule has 4 atom stereocenters. The number of methoxy groups -OCH3 is 2. The minimum Gasteiger partial charge on any atom is -0.444 e. The fourth-order valence-electron chi connectivity index (χ4n) is 3.74. The summed E-state index contributed by atoms with van der Waals surface area (Å²) in [6, 6.07) is 8.39. The Morgan fingerprint density at radius 1 is 1.16 bits per heavy atom. The topological polar surface area (TPSA) is 94.2 Å². The van der Waals surface area contributed by atoms with Crippen LogP contribution in [0.5, 0.6) is 0 Å². The summed E-state index contributed by atoms with van der Waals surface area (Å²) in [7, 11) is 3.10. The number of likely N-dealkylation sites (tertiary alicyclic amines) is 1. The number of amides is 2. The molecule has 0 radical (unpaired) electrons. The van der Waals surface area contributed by atoms with E-state index >= 15 is 0 Å². The zero-order valence-corrected chi connectivity index (χ0v) is 19.2. The van der Waals surface area contributed by atoms with Crippen molar-refractivity contribution in [2.45, 2.75) is 58.0 Å². The van der Waals surface area contributed by atoms with Gasteiger partial charge in [0.05, 0.1) is 37.3 Å². The zero-order valence-electron chi connectivity index (χ0n) is 19.2. The lowest BCUT2D eigenvalue weighted by atomic mass is 9.94. The molecule has 1 aliphatic rings. The van der Waals surface area contributed by atoms with E-state index in [0.717, 1.165) is 0 Å². The molecule has 0 unspecified atom stereocenters. The first-order valence-electron chi connectivity index (χ1n) is 10.5. The third kappa shape index (κ3) is 6.77. The molecule has 0 saturated carbocycles. The predicted molar refractivity (Wildman–Crippen MR) is 116 cm³/mol. The number of Topliss-reactive ketones (excluding diaryl/α,β-unsaturated/α-hetero) is 1. The number of rotatable bonds is 8. The minimum atomic E-state index is -0.643. The molecule has 1 aromatic carbocycles. The van der Waals surface area contributed by atoms with Crippen LogP contribution in [0.1, 0.15) is 44.5 Å². The fraction of sp³-hybridized carbons (Fsp3) is 0.609. The fourth-order valence-corrected chi connectivity index (χ4v) is 3.74. The molecule has 0 bridgehead atoms. The summed E-state index contributed by atoms with van der Waals surface area (Å²) in [4.78, 5) is 39.4. The number of carbonyl (C=O) groups excluding carboxylic acids is 3. The molecule has 1 saturated heterocycles. The van der Waals surface area contributed by atoms with Gasteiger partial charge >= 0.3 is 6.09 Å². The van der Waals surface area contributed by atoms with Gasteiger partial charge in [-0.15, -0.1) is 0 Å². The van der Waals surface area contributed by atoms with E-state index in [0.29, 0.717) is 18.5 Å². The number of ketones is 1. The van der Waals surface area contributed by atoms with E-state index in [9.17, 15) is 14.4 Å². The smallest absolute Gasteiger partial charge is 0.410 e. The maximum Gasteiger partial charge on any atom is 0.410 e. The summed E-state index contributed by atoms with van der Waals surface area (Å²) in [6.45, 7) is 7.39. The van der Waals surface area contributed by atoms with Gasteiger partial charge < -0.3 is 19.5 Å². The number of nitrogens with one attached hydrogen (secondary N) is 1. The van der Waals surface area contributed by atoms with E-state index < -0.39 is 29.8 Å². The van der Waals surface area contributed by atoms with Crippen molar-refractivity contribution in [2.75, 3.05) is 27.3 Å². The van der Waals surface area contributed by atoms with Gasteiger partial charge in [0.25, 0.3) is 0 Å². The van der Waals surface area contributed by atoms with Gasteiger partial charge in [0, 0.05) is 19.8 Å². The van der Waals surface area contributed by atoms with Crippen LogP contribution < -0.4 is 5.32 Å². The van der Waals surface area contributed by atoms with Crippen LogP contribution in [0.2, 0.25) is 0 Å². The van der Waals surface area contributed by atoms with E-state index in [1.54, 1.807) is 64.0 Å². The SMILES string of the molecule is CO[C@@H]1C[C@@H]([C@H](OC)[C@@H](C)C(=O)NCC(=O)c2ccccc2)N(C(=O)OC(C)(C)C)C1. The standard InChI is InChI=1S/C23H34N2O6/c1-15(21(27)24-13-19(26)16-10-8-7-9-11-16)20(30-6)18-12-17(29-5)14-25(18)22(28)31-23(2,3)4/h7-11,15,17-18,20H,12-14H2,1-6H3,(H,24,27)/t15-,17-,18+,20-/m1/s1. The zero-order chi connectivity index (χ0) is 23.2. The Morgan fingerprint density at radius 3 is 2.35 bits per heavy atom. The van der Waals surface area contributed by atoms with Crippen LogP contribution in [-0.2, 0) is 19.0 Å². The molecule has 2 amide bonds. The Labute approximate surface area is 184 Å². The Kier molecular flexibility index (Phi) is 8.59. The van der Waals surface area contributed by atoms with E-state index in [1.807, 2.05) is 6.07 Å². The van der Waals surface area contributed by atoms with Crippen molar-refractivity contribution in [3.05, 3.63) is 35.9 Å². The number of nitrogens with zero attached hydrogens (tertiary/aromatic N) is 1. The summed E-state index contributed by atoms with van der Waals surface area (Å²) in [5.41, 5.74) is -0.107. The first-order chi connectivity index (χ1) is 14.6. The van der Waals surface area contributed by atoms with Gasteiger partial charge in [0.1, 0.15) is 5.60 Å². The third-order valence-corrected chi connectivity index (χ3v) is 5.34. The molecule has 31 heavy (non-hydrogen) atoms. The molecular formula is C23H34N2O6. The summed E-state index contributed by atoms with van der Waals surface area (Å²) >= 11 is 0. The molecule has 1 aromatic rings. The van der Waals surface area contributed by atoms with Crippen molar-refractivity contribution < 1.29 is 28.6 Å². The third-order valence-electron chi connectivity index (χ3n) is 5.34. The first-order valence-corrected chi connectivity index (χ1v) is 10.5. The summed E-state index contributed by atoms with van der Waals surface area (Å²) in [5.74, 6) is -1.09. The molecule has 1 heterocycles. The number of benzene rings is 1. The highest BCUT2D eigenvalue weighted by molar-refractivity contribution is 5.99. The molecule has 0 spiro atoms. The van der Waals surface area contributed by atoms with Crippen LogP contribution in [0.4, 0.5) is 4.79 Å². The van der Waals surface area contributed by atoms with Crippen LogP contribution >= 0.6 is 0 Å². The molecular weight excluding hydrogens is 400 g/mol.